The van der Waals surface area contributed by atoms with Gasteiger partial charge in [0.1, 0.15) is 11.6 Å². The Bertz CT molecular complexity index is 1130. The fourth-order valence-corrected chi connectivity index (χ4v) is 4.78. The molecule has 8 heteroatoms. The lowest BCUT2D eigenvalue weighted by molar-refractivity contribution is -0.119. The van der Waals surface area contributed by atoms with Crippen molar-refractivity contribution >= 4 is 29.0 Å². The van der Waals surface area contributed by atoms with Crippen molar-refractivity contribution in [1.29, 1.82) is 0 Å². The summed E-state index contributed by atoms with van der Waals surface area (Å²) in [6.07, 6.45) is 0. The van der Waals surface area contributed by atoms with Gasteiger partial charge in [0.05, 0.1) is 18.3 Å². The normalized spacial score (nSPS) is 11.9. The number of nitrogens with zero attached hydrogens (tertiary/aromatic N) is 3. The number of hydrogen-bond acceptors (Lipinski definition) is 5. The van der Waals surface area contributed by atoms with Gasteiger partial charge in [-0.1, -0.05) is 60.3 Å². The Hall–Kier alpha value is -2.97. The quantitative estimate of drug-likeness (QED) is 0.389. The third kappa shape index (κ3) is 5.39. The zero-order valence-corrected chi connectivity index (χ0v) is 18.5. The average molecular weight is 453 g/mol. The van der Waals surface area contributed by atoms with Crippen LogP contribution in [0.5, 0.6) is 0 Å². The number of aryl methyl sites for hydroxylation is 1. The largest absolute Gasteiger partial charge is 0.344 e. The van der Waals surface area contributed by atoms with Crippen molar-refractivity contribution in [2.75, 3.05) is 5.75 Å². The van der Waals surface area contributed by atoms with Crippen molar-refractivity contribution in [3.63, 3.8) is 0 Å². The van der Waals surface area contributed by atoms with Gasteiger partial charge in [0.15, 0.2) is 5.16 Å². The molecule has 0 saturated heterocycles. The molecule has 31 heavy (non-hydrogen) atoms. The Balaban J connectivity index is 1.44. The Morgan fingerprint density at radius 2 is 1.87 bits per heavy atom. The maximum atomic E-state index is 13.4. The number of aromatic nitrogens is 3. The number of nitrogens with one attached hydrogen (secondary N) is 1. The van der Waals surface area contributed by atoms with Crippen molar-refractivity contribution in [3.8, 4) is 0 Å². The highest BCUT2D eigenvalue weighted by Crippen LogP contribution is 2.27. The molecule has 0 fully saturated rings. The van der Waals surface area contributed by atoms with Crippen molar-refractivity contribution in [3.05, 3.63) is 99.8 Å². The van der Waals surface area contributed by atoms with Crippen LogP contribution in [0.25, 0.3) is 0 Å². The number of benzene rings is 2. The van der Waals surface area contributed by atoms with Crippen LogP contribution in [0.1, 0.15) is 27.9 Å². The van der Waals surface area contributed by atoms with Gasteiger partial charge in [-0.15, -0.1) is 21.5 Å². The minimum absolute atomic E-state index is 0.125. The first kappa shape index (κ1) is 21.3. The highest BCUT2D eigenvalue weighted by atomic mass is 32.2. The molecule has 1 N–H and O–H groups in total. The van der Waals surface area contributed by atoms with Crippen molar-refractivity contribution in [2.24, 2.45) is 0 Å². The molecular weight excluding hydrogens is 431 g/mol. The van der Waals surface area contributed by atoms with Crippen molar-refractivity contribution in [1.82, 2.24) is 20.1 Å². The molecule has 0 spiro atoms. The topological polar surface area (TPSA) is 59.8 Å². The highest BCUT2D eigenvalue weighted by Gasteiger charge is 2.19. The van der Waals surface area contributed by atoms with Gasteiger partial charge in [-0.25, -0.2) is 4.39 Å². The van der Waals surface area contributed by atoms with Crippen LogP contribution in [0.4, 0.5) is 4.39 Å². The standard InChI is InChI=1S/C23H21FN4OS2/c1-16-26-27-23(28(16)14-17-6-3-2-4-7-17)31-15-21(29)25-22(20-8-5-13-30-20)18-9-11-19(24)12-10-18/h2-13,22H,14-15H2,1H3,(H,25,29)/t22-/m1/s1. The van der Waals surface area contributed by atoms with Crippen LogP contribution in [0.3, 0.4) is 0 Å². The summed E-state index contributed by atoms with van der Waals surface area (Å²) in [5.74, 6) is 0.577. The summed E-state index contributed by atoms with van der Waals surface area (Å²) in [4.78, 5) is 13.8. The molecule has 0 radical (unpaired) electrons. The van der Waals surface area contributed by atoms with E-state index in [0.29, 0.717) is 11.7 Å². The molecule has 2 aromatic carbocycles. The maximum Gasteiger partial charge on any atom is 0.231 e. The summed E-state index contributed by atoms with van der Waals surface area (Å²) < 4.78 is 15.4. The van der Waals surface area contributed by atoms with E-state index in [2.05, 4.69) is 27.6 Å². The summed E-state index contributed by atoms with van der Waals surface area (Å²) in [7, 11) is 0. The molecule has 2 aromatic heterocycles. The second-order valence-electron chi connectivity index (χ2n) is 6.96. The Morgan fingerprint density at radius 3 is 2.58 bits per heavy atom. The van der Waals surface area contributed by atoms with Crippen LogP contribution >= 0.6 is 23.1 Å². The van der Waals surface area contributed by atoms with E-state index >= 15 is 0 Å². The van der Waals surface area contributed by atoms with E-state index < -0.39 is 0 Å². The van der Waals surface area contributed by atoms with Gasteiger partial charge in [0.25, 0.3) is 0 Å². The minimum Gasteiger partial charge on any atom is -0.344 e. The number of thioether (sulfide) groups is 1. The number of amides is 1. The molecule has 0 bridgehead atoms. The van der Waals surface area contributed by atoms with E-state index in [4.69, 9.17) is 0 Å². The number of rotatable bonds is 8. The van der Waals surface area contributed by atoms with E-state index in [0.717, 1.165) is 21.8 Å². The van der Waals surface area contributed by atoms with Crippen molar-refractivity contribution < 1.29 is 9.18 Å². The van der Waals surface area contributed by atoms with Gasteiger partial charge in [0, 0.05) is 4.88 Å². The van der Waals surface area contributed by atoms with Gasteiger partial charge in [-0.2, -0.15) is 0 Å². The lowest BCUT2D eigenvalue weighted by Crippen LogP contribution is -2.30. The summed E-state index contributed by atoms with van der Waals surface area (Å²) in [5, 5.41) is 14.1. The third-order valence-corrected chi connectivity index (χ3v) is 6.66. The Morgan fingerprint density at radius 1 is 1.10 bits per heavy atom. The Kier molecular flexibility index (Phi) is 6.79. The molecule has 0 aliphatic carbocycles. The molecule has 0 unspecified atom stereocenters. The SMILES string of the molecule is Cc1nnc(SCC(=O)N[C@H](c2ccc(F)cc2)c2cccs2)n1Cc1ccccc1. The van der Waals surface area contributed by atoms with E-state index in [-0.39, 0.29) is 23.5 Å². The summed E-state index contributed by atoms with van der Waals surface area (Å²) in [6.45, 7) is 2.55. The molecule has 0 aliphatic rings. The number of carbonyl (C=O) groups is 1. The molecule has 2 heterocycles. The molecule has 1 atom stereocenters. The third-order valence-electron chi connectivity index (χ3n) is 4.75. The smallest absolute Gasteiger partial charge is 0.231 e. The first-order chi connectivity index (χ1) is 15.1. The minimum atomic E-state index is -0.322. The fourth-order valence-electron chi connectivity index (χ4n) is 3.18. The van der Waals surface area contributed by atoms with Crippen molar-refractivity contribution in [2.45, 2.75) is 24.7 Å². The molecule has 4 rings (SSSR count). The number of carbonyl (C=O) groups excluding carboxylic acids is 1. The van der Waals surface area contributed by atoms with E-state index in [1.807, 2.05) is 47.2 Å². The molecule has 0 saturated carbocycles. The molecule has 4 aromatic rings. The first-order valence-corrected chi connectivity index (χ1v) is 11.6. The zero-order valence-electron chi connectivity index (χ0n) is 16.9. The van der Waals surface area contributed by atoms with Crippen LogP contribution in [-0.2, 0) is 11.3 Å². The summed E-state index contributed by atoms with van der Waals surface area (Å²) >= 11 is 2.90. The molecule has 158 valence electrons. The van der Waals surface area contributed by atoms with Gasteiger partial charge in [0.2, 0.25) is 5.91 Å². The summed E-state index contributed by atoms with van der Waals surface area (Å²) in [5.41, 5.74) is 1.98. The lowest BCUT2D eigenvalue weighted by Gasteiger charge is -2.18. The molecule has 5 nitrogen and oxygen atoms in total. The van der Waals surface area contributed by atoms with E-state index in [1.165, 1.54) is 23.9 Å². The number of halogens is 1. The summed E-state index contributed by atoms with van der Waals surface area (Å²) in [6, 6.07) is 19.9. The number of hydrogen-bond donors (Lipinski definition) is 1. The lowest BCUT2D eigenvalue weighted by atomic mass is 10.1. The Labute approximate surface area is 188 Å². The second-order valence-corrected chi connectivity index (χ2v) is 8.88. The van der Waals surface area contributed by atoms with Gasteiger partial charge in [-0.05, 0) is 41.6 Å². The van der Waals surface area contributed by atoms with Gasteiger partial charge >= 0.3 is 0 Å². The van der Waals surface area contributed by atoms with Crippen LogP contribution in [0, 0.1) is 12.7 Å². The van der Waals surface area contributed by atoms with Crippen LogP contribution < -0.4 is 5.32 Å². The monoisotopic (exact) mass is 452 g/mol. The molecule has 1 amide bonds. The maximum absolute atomic E-state index is 13.4. The van der Waals surface area contributed by atoms with Crippen LogP contribution in [0.15, 0.2) is 77.3 Å². The molecular formula is C23H21FN4OS2. The number of thiophene rings is 1. The van der Waals surface area contributed by atoms with Gasteiger partial charge in [-0.3, -0.25) is 4.79 Å². The van der Waals surface area contributed by atoms with Crippen LogP contribution in [-0.4, -0.2) is 26.4 Å². The second kappa shape index (κ2) is 9.89. The highest BCUT2D eigenvalue weighted by molar-refractivity contribution is 7.99. The average Bonchev–Trinajstić information content (AvgIpc) is 3.43. The van der Waals surface area contributed by atoms with E-state index in [9.17, 15) is 9.18 Å². The van der Waals surface area contributed by atoms with Gasteiger partial charge < -0.3 is 9.88 Å². The zero-order chi connectivity index (χ0) is 21.6. The predicted octanol–water partition coefficient (Wildman–Crippen LogP) is 4.83. The van der Waals surface area contributed by atoms with Crippen LogP contribution in [0.2, 0.25) is 0 Å². The first-order valence-electron chi connectivity index (χ1n) is 9.75. The molecule has 0 aliphatic heterocycles. The van der Waals surface area contributed by atoms with E-state index in [1.54, 1.807) is 23.5 Å². The predicted molar refractivity (Wildman–Crippen MR) is 122 cm³/mol. The fraction of sp³-hybridized carbons (Fsp3) is 0.174.